The van der Waals surface area contributed by atoms with E-state index in [2.05, 4.69) is 15.8 Å². The lowest BCUT2D eigenvalue weighted by Gasteiger charge is -2.20. The third-order valence-corrected chi connectivity index (χ3v) is 5.20. The van der Waals surface area contributed by atoms with E-state index in [4.69, 9.17) is 14.0 Å². The van der Waals surface area contributed by atoms with Crippen LogP contribution < -0.4 is 20.1 Å². The molecule has 2 aromatic carbocycles. The molecule has 0 saturated heterocycles. The zero-order valence-electron chi connectivity index (χ0n) is 18.0. The zero-order chi connectivity index (χ0) is 22.7. The number of amides is 2. The van der Waals surface area contributed by atoms with Gasteiger partial charge in [0, 0.05) is 23.2 Å². The number of nitrogens with one attached hydrogen (secondary N) is 2. The fourth-order valence-electron chi connectivity index (χ4n) is 3.49. The van der Waals surface area contributed by atoms with Crippen LogP contribution in [0.15, 0.2) is 52.7 Å². The molecule has 3 aromatic rings. The van der Waals surface area contributed by atoms with Gasteiger partial charge in [0.2, 0.25) is 0 Å². The summed E-state index contributed by atoms with van der Waals surface area (Å²) in [5.74, 6) is 1.33. The number of hydrogen-bond acceptors (Lipinski definition) is 6. The van der Waals surface area contributed by atoms with E-state index in [0.717, 1.165) is 22.6 Å². The summed E-state index contributed by atoms with van der Waals surface area (Å²) in [6.45, 7) is 4.16. The Morgan fingerprint density at radius 1 is 1.22 bits per heavy atom. The van der Waals surface area contributed by atoms with Gasteiger partial charge in [-0.15, -0.1) is 0 Å². The Balaban J connectivity index is 1.45. The normalized spacial score (nSPS) is 13.8. The number of carbonyl (C=O) groups is 2. The topological polar surface area (TPSA) is 103 Å². The largest absolute Gasteiger partial charge is 0.496 e. The molecular weight excluding hydrogens is 410 g/mol. The average Bonchev–Trinajstić information content (AvgIpc) is 3.11. The Morgan fingerprint density at radius 3 is 2.78 bits per heavy atom. The summed E-state index contributed by atoms with van der Waals surface area (Å²) in [4.78, 5) is 25.1. The standard InChI is InChI=1S/C24H23N3O5/c1-14-18(15(2)32-27-14)10-11-25-23(28)17-8-9-21-19(12-17)26-24(29)22(31-21)13-16-6-4-5-7-20(16)30-3/h4-9,12-13H,10-11H2,1-3H3,(H,25,28)(H,26,29)/b22-13-. The number of ether oxygens (including phenoxy) is 2. The Morgan fingerprint density at radius 2 is 2.03 bits per heavy atom. The predicted molar refractivity (Wildman–Crippen MR) is 119 cm³/mol. The quantitative estimate of drug-likeness (QED) is 0.576. The van der Waals surface area contributed by atoms with Crippen molar-refractivity contribution in [1.29, 1.82) is 0 Å². The zero-order valence-corrected chi connectivity index (χ0v) is 18.0. The van der Waals surface area contributed by atoms with Gasteiger partial charge in [0.25, 0.3) is 11.8 Å². The molecule has 2 heterocycles. The molecule has 8 nitrogen and oxygen atoms in total. The van der Waals surface area contributed by atoms with Crippen molar-refractivity contribution in [1.82, 2.24) is 10.5 Å². The monoisotopic (exact) mass is 433 g/mol. The molecule has 0 aliphatic carbocycles. The number of methoxy groups -OCH3 is 1. The van der Waals surface area contributed by atoms with Gasteiger partial charge in [0.15, 0.2) is 11.5 Å². The summed E-state index contributed by atoms with van der Waals surface area (Å²) in [6, 6.07) is 12.2. The van der Waals surface area contributed by atoms with Crippen LogP contribution in [-0.4, -0.2) is 30.6 Å². The Kier molecular flexibility index (Phi) is 5.93. The highest BCUT2D eigenvalue weighted by molar-refractivity contribution is 6.09. The molecule has 32 heavy (non-hydrogen) atoms. The van der Waals surface area contributed by atoms with Crippen LogP contribution in [0.2, 0.25) is 0 Å². The van der Waals surface area contributed by atoms with Crippen molar-refractivity contribution in [3.05, 3.63) is 76.4 Å². The molecule has 0 saturated carbocycles. The Bertz CT molecular complexity index is 1190. The predicted octanol–water partition coefficient (Wildman–Crippen LogP) is 3.64. The first kappa shape index (κ1) is 21.2. The maximum atomic E-state index is 12.6. The average molecular weight is 433 g/mol. The van der Waals surface area contributed by atoms with Crippen LogP contribution in [0, 0.1) is 13.8 Å². The molecule has 1 aliphatic heterocycles. The number of aryl methyl sites for hydroxylation is 2. The van der Waals surface area contributed by atoms with Crippen LogP contribution in [0.1, 0.15) is 32.9 Å². The van der Waals surface area contributed by atoms with E-state index in [9.17, 15) is 9.59 Å². The van der Waals surface area contributed by atoms with E-state index < -0.39 is 5.91 Å². The first-order valence-electron chi connectivity index (χ1n) is 10.1. The van der Waals surface area contributed by atoms with Gasteiger partial charge >= 0.3 is 0 Å². The lowest BCUT2D eigenvalue weighted by Crippen LogP contribution is -2.27. The van der Waals surface area contributed by atoms with Crippen LogP contribution in [0.25, 0.3) is 6.08 Å². The highest BCUT2D eigenvalue weighted by Gasteiger charge is 2.23. The SMILES string of the molecule is COc1ccccc1/C=C1\Oc2ccc(C(=O)NCCc3c(C)noc3C)cc2NC1=O. The Hall–Kier alpha value is -4.07. The molecule has 4 rings (SSSR count). The van der Waals surface area contributed by atoms with E-state index in [1.807, 2.05) is 32.0 Å². The first-order valence-corrected chi connectivity index (χ1v) is 10.1. The van der Waals surface area contributed by atoms with Gasteiger partial charge in [-0.1, -0.05) is 23.4 Å². The first-order chi connectivity index (χ1) is 15.5. The molecule has 0 radical (unpaired) electrons. The van der Waals surface area contributed by atoms with E-state index >= 15 is 0 Å². The van der Waals surface area contributed by atoms with Gasteiger partial charge in [0.05, 0.1) is 18.5 Å². The van der Waals surface area contributed by atoms with E-state index in [0.29, 0.717) is 35.7 Å². The lowest BCUT2D eigenvalue weighted by atomic mass is 10.1. The maximum Gasteiger partial charge on any atom is 0.291 e. The molecule has 1 aliphatic rings. The van der Waals surface area contributed by atoms with Crippen molar-refractivity contribution in [2.45, 2.75) is 20.3 Å². The molecule has 1 aromatic heterocycles. The summed E-state index contributed by atoms with van der Waals surface area (Å²) in [5.41, 5.74) is 3.39. The van der Waals surface area contributed by atoms with Crippen LogP contribution in [-0.2, 0) is 11.2 Å². The summed E-state index contributed by atoms with van der Waals surface area (Å²) in [7, 11) is 1.56. The van der Waals surface area contributed by atoms with Crippen molar-refractivity contribution in [2.75, 3.05) is 19.0 Å². The minimum Gasteiger partial charge on any atom is -0.496 e. The second-order valence-electron chi connectivity index (χ2n) is 7.33. The molecule has 0 bridgehead atoms. The smallest absolute Gasteiger partial charge is 0.291 e. The summed E-state index contributed by atoms with van der Waals surface area (Å²) >= 11 is 0. The molecule has 164 valence electrons. The van der Waals surface area contributed by atoms with Gasteiger partial charge < -0.3 is 24.6 Å². The van der Waals surface area contributed by atoms with Crippen LogP contribution >= 0.6 is 0 Å². The van der Waals surface area contributed by atoms with Crippen molar-refractivity contribution in [3.8, 4) is 11.5 Å². The number of hydrogen-bond donors (Lipinski definition) is 2. The number of nitrogens with zero attached hydrogens (tertiary/aromatic N) is 1. The Labute approximate surface area is 185 Å². The third kappa shape index (κ3) is 4.34. The van der Waals surface area contributed by atoms with Crippen LogP contribution in [0.4, 0.5) is 5.69 Å². The van der Waals surface area contributed by atoms with Gasteiger partial charge in [-0.3, -0.25) is 9.59 Å². The molecule has 2 N–H and O–H groups in total. The van der Waals surface area contributed by atoms with Crippen molar-refractivity contribution in [3.63, 3.8) is 0 Å². The van der Waals surface area contributed by atoms with Crippen molar-refractivity contribution in [2.24, 2.45) is 0 Å². The van der Waals surface area contributed by atoms with Gasteiger partial charge in [-0.2, -0.15) is 0 Å². The van der Waals surface area contributed by atoms with E-state index in [-0.39, 0.29) is 11.7 Å². The van der Waals surface area contributed by atoms with Gasteiger partial charge in [0.1, 0.15) is 11.5 Å². The molecule has 8 heteroatoms. The molecule has 0 spiro atoms. The minimum absolute atomic E-state index is 0.138. The molecule has 2 amide bonds. The fourth-order valence-corrected chi connectivity index (χ4v) is 3.49. The second kappa shape index (κ2) is 8.97. The maximum absolute atomic E-state index is 12.6. The number of carbonyl (C=O) groups excluding carboxylic acids is 2. The number of fused-ring (bicyclic) bond motifs is 1. The lowest BCUT2D eigenvalue weighted by molar-refractivity contribution is -0.115. The highest BCUT2D eigenvalue weighted by Crippen LogP contribution is 2.33. The van der Waals surface area contributed by atoms with E-state index in [1.54, 1.807) is 37.5 Å². The van der Waals surface area contributed by atoms with Crippen molar-refractivity contribution >= 4 is 23.6 Å². The molecule has 0 fully saturated rings. The second-order valence-corrected chi connectivity index (χ2v) is 7.33. The van der Waals surface area contributed by atoms with Gasteiger partial charge in [-0.05, 0) is 50.6 Å². The number of para-hydroxylation sites is 1. The minimum atomic E-state index is -0.403. The van der Waals surface area contributed by atoms with Crippen molar-refractivity contribution < 1.29 is 23.6 Å². The molecular formula is C24H23N3O5. The third-order valence-electron chi connectivity index (χ3n) is 5.20. The number of benzene rings is 2. The highest BCUT2D eigenvalue weighted by atomic mass is 16.5. The van der Waals surface area contributed by atoms with Crippen LogP contribution in [0.5, 0.6) is 11.5 Å². The number of anilines is 1. The number of rotatable bonds is 6. The molecule has 0 atom stereocenters. The summed E-state index contributed by atoms with van der Waals surface area (Å²) in [6.07, 6.45) is 2.24. The fraction of sp³-hybridized carbons (Fsp3) is 0.208. The summed E-state index contributed by atoms with van der Waals surface area (Å²) in [5, 5.41) is 9.58. The summed E-state index contributed by atoms with van der Waals surface area (Å²) < 4.78 is 16.2. The molecule has 0 unspecified atom stereocenters. The van der Waals surface area contributed by atoms with E-state index in [1.165, 1.54) is 0 Å². The number of aromatic nitrogens is 1. The van der Waals surface area contributed by atoms with Gasteiger partial charge in [-0.25, -0.2) is 0 Å². The van der Waals surface area contributed by atoms with Crippen LogP contribution in [0.3, 0.4) is 0 Å².